The molecule has 0 aromatic carbocycles. The predicted octanol–water partition coefficient (Wildman–Crippen LogP) is 2.71. The summed E-state index contributed by atoms with van der Waals surface area (Å²) in [6.07, 6.45) is 2.04. The van der Waals surface area contributed by atoms with E-state index in [1.807, 2.05) is 13.8 Å². The van der Waals surface area contributed by atoms with Gasteiger partial charge < -0.3 is 10.5 Å². The van der Waals surface area contributed by atoms with Crippen molar-refractivity contribution in [3.05, 3.63) is 0 Å². The molecule has 4 heteroatoms. The first-order chi connectivity index (χ1) is 7.06. The van der Waals surface area contributed by atoms with E-state index >= 15 is 0 Å². The van der Waals surface area contributed by atoms with Gasteiger partial charge in [0.1, 0.15) is 5.60 Å². The third-order valence-corrected chi connectivity index (χ3v) is 3.30. The molecule has 2 rings (SSSR count). The minimum atomic E-state index is -2.63. The van der Waals surface area contributed by atoms with Crippen LogP contribution < -0.4 is 5.73 Å². The number of halogens is 2. The number of alkyl halides is 2. The molecule has 1 saturated carbocycles. The van der Waals surface area contributed by atoms with Crippen molar-refractivity contribution < 1.29 is 13.5 Å². The van der Waals surface area contributed by atoms with E-state index in [1.54, 1.807) is 0 Å². The lowest BCUT2D eigenvalue weighted by molar-refractivity contribution is -0.163. The maximum Gasteiger partial charge on any atom is 0.278 e. The van der Waals surface area contributed by atoms with Crippen LogP contribution in [0.5, 0.6) is 0 Å². The van der Waals surface area contributed by atoms with Gasteiger partial charge >= 0.3 is 0 Å². The molecule has 0 bridgehead atoms. The van der Waals surface area contributed by atoms with Crippen molar-refractivity contribution in [3.63, 3.8) is 0 Å². The largest absolute Gasteiger partial charge is 0.368 e. The topological polar surface area (TPSA) is 35.2 Å². The molecule has 0 atom stereocenters. The van der Waals surface area contributed by atoms with Crippen molar-refractivity contribution in [1.82, 2.24) is 0 Å². The average Bonchev–Trinajstić information content (AvgIpc) is 2.51. The van der Waals surface area contributed by atoms with Crippen molar-refractivity contribution >= 4 is 0 Å². The second-order valence-corrected chi connectivity index (χ2v) is 4.13. The fourth-order valence-electron chi connectivity index (χ4n) is 2.32. The lowest BCUT2D eigenvalue weighted by atomic mass is 9.78. The highest BCUT2D eigenvalue weighted by molar-refractivity contribution is 5.02. The van der Waals surface area contributed by atoms with Crippen molar-refractivity contribution in [2.75, 3.05) is 6.61 Å². The first-order valence-corrected chi connectivity index (χ1v) is 5.83. The van der Waals surface area contributed by atoms with E-state index in [9.17, 15) is 8.78 Å². The molecular weight excluding hydrogens is 200 g/mol. The summed E-state index contributed by atoms with van der Waals surface area (Å²) in [5.41, 5.74) is 4.51. The van der Waals surface area contributed by atoms with E-state index < -0.39 is 11.5 Å². The average molecular weight is 221 g/mol. The van der Waals surface area contributed by atoms with Gasteiger partial charge in [0.05, 0.1) is 6.61 Å². The van der Waals surface area contributed by atoms with Crippen LogP contribution in [0.1, 0.15) is 46.0 Å². The summed E-state index contributed by atoms with van der Waals surface area (Å²) in [7, 11) is 0. The molecule has 1 aliphatic heterocycles. The third-order valence-electron chi connectivity index (χ3n) is 3.30. The van der Waals surface area contributed by atoms with Crippen molar-refractivity contribution in [3.8, 4) is 0 Å². The molecule has 0 amide bonds. The van der Waals surface area contributed by atoms with Crippen LogP contribution in [0.15, 0.2) is 0 Å². The smallest absolute Gasteiger partial charge is 0.278 e. The zero-order valence-electron chi connectivity index (χ0n) is 9.56. The van der Waals surface area contributed by atoms with E-state index in [4.69, 9.17) is 10.5 Å². The Balaban J connectivity index is 0.000000531. The predicted molar refractivity (Wildman–Crippen MR) is 56.0 cm³/mol. The number of rotatable bonds is 0. The molecule has 0 aromatic rings. The summed E-state index contributed by atoms with van der Waals surface area (Å²) in [6, 6.07) is 0.0885. The Labute approximate surface area is 90.2 Å². The molecular formula is C11H21F2NO. The molecule has 2 nitrogen and oxygen atoms in total. The maximum absolute atomic E-state index is 13.4. The quantitative estimate of drug-likeness (QED) is 0.682. The number of nitrogens with two attached hydrogens (primary N) is 1. The van der Waals surface area contributed by atoms with Gasteiger partial charge in [-0.3, -0.25) is 0 Å². The molecule has 0 unspecified atom stereocenters. The normalized spacial score (nSPS) is 38.6. The second kappa shape index (κ2) is 4.74. The Kier molecular flexibility index (Phi) is 4.06. The van der Waals surface area contributed by atoms with Gasteiger partial charge in [-0.25, -0.2) is 8.78 Å². The number of hydrogen-bond acceptors (Lipinski definition) is 2. The minimum absolute atomic E-state index is 0.0885. The summed E-state index contributed by atoms with van der Waals surface area (Å²) in [6.45, 7) is 4.20. The molecule has 15 heavy (non-hydrogen) atoms. The van der Waals surface area contributed by atoms with Crippen LogP contribution in [0.2, 0.25) is 0 Å². The summed E-state index contributed by atoms with van der Waals surface area (Å²) < 4.78 is 32.1. The van der Waals surface area contributed by atoms with E-state index in [0.29, 0.717) is 25.7 Å². The Bertz CT molecular complexity index is 201. The Morgan fingerprint density at radius 2 is 1.67 bits per heavy atom. The Hall–Kier alpha value is -0.220. The SMILES string of the molecule is CC.NC1CCC2(CC1)OCCC2(F)F. The van der Waals surface area contributed by atoms with Crippen molar-refractivity contribution in [1.29, 1.82) is 0 Å². The van der Waals surface area contributed by atoms with Gasteiger partial charge in [-0.1, -0.05) is 13.8 Å². The summed E-state index contributed by atoms with van der Waals surface area (Å²) >= 11 is 0. The van der Waals surface area contributed by atoms with E-state index in [-0.39, 0.29) is 19.1 Å². The molecule has 2 aliphatic rings. The molecule has 0 radical (unpaired) electrons. The fourth-order valence-corrected chi connectivity index (χ4v) is 2.32. The molecule has 2 fully saturated rings. The van der Waals surface area contributed by atoms with Gasteiger partial charge in [0, 0.05) is 12.5 Å². The van der Waals surface area contributed by atoms with Crippen LogP contribution in [-0.4, -0.2) is 24.2 Å². The molecule has 2 N–H and O–H groups in total. The van der Waals surface area contributed by atoms with Crippen molar-refractivity contribution in [2.24, 2.45) is 5.73 Å². The van der Waals surface area contributed by atoms with Gasteiger partial charge in [-0.15, -0.1) is 0 Å². The van der Waals surface area contributed by atoms with Crippen LogP contribution >= 0.6 is 0 Å². The van der Waals surface area contributed by atoms with Crippen LogP contribution in [0, 0.1) is 0 Å². The van der Waals surface area contributed by atoms with Crippen LogP contribution in [0.25, 0.3) is 0 Å². The molecule has 1 saturated heterocycles. The minimum Gasteiger partial charge on any atom is -0.368 e. The highest BCUT2D eigenvalue weighted by Gasteiger charge is 2.58. The first-order valence-electron chi connectivity index (χ1n) is 5.83. The zero-order valence-corrected chi connectivity index (χ0v) is 9.56. The molecule has 1 heterocycles. The van der Waals surface area contributed by atoms with Gasteiger partial charge in [0.25, 0.3) is 5.92 Å². The Morgan fingerprint density at radius 3 is 2.07 bits per heavy atom. The van der Waals surface area contributed by atoms with Gasteiger partial charge in [-0.2, -0.15) is 0 Å². The van der Waals surface area contributed by atoms with E-state index in [0.717, 1.165) is 0 Å². The molecule has 90 valence electrons. The number of hydrogen-bond donors (Lipinski definition) is 1. The highest BCUT2D eigenvalue weighted by Crippen LogP contribution is 2.48. The lowest BCUT2D eigenvalue weighted by Gasteiger charge is -2.38. The first kappa shape index (κ1) is 12.8. The summed E-state index contributed by atoms with van der Waals surface area (Å²) in [5.74, 6) is -2.63. The lowest BCUT2D eigenvalue weighted by Crippen LogP contribution is -2.49. The molecule has 1 aliphatic carbocycles. The van der Waals surface area contributed by atoms with Gasteiger partial charge in [0.15, 0.2) is 0 Å². The Morgan fingerprint density at radius 1 is 1.13 bits per heavy atom. The second-order valence-electron chi connectivity index (χ2n) is 4.13. The fraction of sp³-hybridized carbons (Fsp3) is 1.00. The third kappa shape index (κ3) is 2.31. The summed E-state index contributed by atoms with van der Waals surface area (Å²) in [5, 5.41) is 0. The van der Waals surface area contributed by atoms with E-state index in [1.165, 1.54) is 0 Å². The molecule has 0 aromatic heterocycles. The molecule has 1 spiro atoms. The van der Waals surface area contributed by atoms with Crippen LogP contribution in [0.4, 0.5) is 8.78 Å². The zero-order chi connectivity index (χ0) is 11.5. The standard InChI is InChI=1S/C9H15F2NO.C2H6/c10-9(11)5-6-13-8(9)3-1-7(12)2-4-8;1-2/h7H,1-6,12H2;1-2H3. The van der Waals surface area contributed by atoms with Crippen LogP contribution in [-0.2, 0) is 4.74 Å². The monoisotopic (exact) mass is 221 g/mol. The highest BCUT2D eigenvalue weighted by atomic mass is 19.3. The number of ether oxygens (including phenoxy) is 1. The van der Waals surface area contributed by atoms with Crippen molar-refractivity contribution in [2.45, 2.75) is 63.5 Å². The van der Waals surface area contributed by atoms with Gasteiger partial charge in [0.2, 0.25) is 0 Å². The maximum atomic E-state index is 13.4. The summed E-state index contributed by atoms with van der Waals surface area (Å²) in [4.78, 5) is 0. The van der Waals surface area contributed by atoms with Crippen LogP contribution in [0.3, 0.4) is 0 Å². The van der Waals surface area contributed by atoms with Gasteiger partial charge in [-0.05, 0) is 25.7 Å². The van der Waals surface area contributed by atoms with E-state index in [2.05, 4.69) is 0 Å².